The van der Waals surface area contributed by atoms with Crippen LogP contribution in [0, 0.1) is 17.5 Å². The highest BCUT2D eigenvalue weighted by molar-refractivity contribution is 5.22. The van der Waals surface area contributed by atoms with Crippen LogP contribution >= 0.6 is 0 Å². The summed E-state index contributed by atoms with van der Waals surface area (Å²) in [4.78, 5) is 0. The lowest BCUT2D eigenvalue weighted by atomic mass is 10.0. The molecule has 0 spiro atoms. The van der Waals surface area contributed by atoms with Gasteiger partial charge in [0.25, 0.3) is 0 Å². The van der Waals surface area contributed by atoms with Crippen molar-refractivity contribution in [2.45, 2.75) is 38.7 Å². The van der Waals surface area contributed by atoms with Crippen molar-refractivity contribution in [2.75, 3.05) is 0 Å². The van der Waals surface area contributed by atoms with Crippen LogP contribution in [0.1, 0.15) is 44.3 Å². The molecule has 0 radical (unpaired) electrons. The molecule has 1 aromatic rings. The van der Waals surface area contributed by atoms with Gasteiger partial charge in [0.1, 0.15) is 5.82 Å². The summed E-state index contributed by atoms with van der Waals surface area (Å²) in [5.41, 5.74) is -0.171. The van der Waals surface area contributed by atoms with Gasteiger partial charge in [-0.1, -0.05) is 26.2 Å². The monoisotopic (exact) mass is 232 g/mol. The Kier molecular flexibility index (Phi) is 4.80. The van der Waals surface area contributed by atoms with E-state index in [1.54, 1.807) is 0 Å². The maximum Gasteiger partial charge on any atom is 0.161 e. The maximum absolute atomic E-state index is 13.2. The molecule has 1 aromatic carbocycles. The number of halogens is 3. The van der Waals surface area contributed by atoms with Crippen molar-refractivity contribution in [3.05, 3.63) is 35.1 Å². The van der Waals surface area contributed by atoms with Gasteiger partial charge in [-0.05, 0) is 12.5 Å². The van der Waals surface area contributed by atoms with Crippen molar-refractivity contribution in [3.63, 3.8) is 0 Å². The number of hydrogen-bond acceptors (Lipinski definition) is 1. The molecule has 90 valence electrons. The smallest absolute Gasteiger partial charge is 0.161 e. The Hall–Kier alpha value is -1.03. The highest BCUT2D eigenvalue weighted by Crippen LogP contribution is 2.24. The molecule has 1 nitrogen and oxygen atoms in total. The average molecular weight is 232 g/mol. The first kappa shape index (κ1) is 13.0. The largest absolute Gasteiger partial charge is 0.388 e. The fourth-order valence-electron chi connectivity index (χ4n) is 1.54. The fraction of sp³-hybridized carbons (Fsp3) is 0.500. The van der Waals surface area contributed by atoms with E-state index < -0.39 is 23.6 Å². The van der Waals surface area contributed by atoms with Crippen molar-refractivity contribution in [1.82, 2.24) is 0 Å². The van der Waals surface area contributed by atoms with Crippen LogP contribution in [-0.2, 0) is 0 Å². The van der Waals surface area contributed by atoms with Crippen LogP contribution in [-0.4, -0.2) is 5.11 Å². The third-order valence-corrected chi connectivity index (χ3v) is 2.48. The lowest BCUT2D eigenvalue weighted by Gasteiger charge is -2.11. The lowest BCUT2D eigenvalue weighted by Crippen LogP contribution is -2.03. The Balaban J connectivity index is 2.75. The van der Waals surface area contributed by atoms with Crippen molar-refractivity contribution < 1.29 is 18.3 Å². The number of unbranched alkanes of at least 4 members (excludes halogenated alkanes) is 2. The normalized spacial score (nSPS) is 12.8. The predicted molar refractivity (Wildman–Crippen MR) is 55.4 cm³/mol. The minimum Gasteiger partial charge on any atom is -0.388 e. The van der Waals surface area contributed by atoms with Crippen LogP contribution in [0.25, 0.3) is 0 Å². The summed E-state index contributed by atoms with van der Waals surface area (Å²) >= 11 is 0. The summed E-state index contributed by atoms with van der Waals surface area (Å²) in [5.74, 6) is -3.27. The van der Waals surface area contributed by atoms with Gasteiger partial charge < -0.3 is 5.11 Å². The minimum atomic E-state index is -1.23. The summed E-state index contributed by atoms with van der Waals surface area (Å²) in [6.45, 7) is 2.00. The SMILES string of the molecule is CCCCCC(O)c1cc(F)c(F)cc1F. The van der Waals surface area contributed by atoms with E-state index in [9.17, 15) is 18.3 Å². The number of hydrogen-bond donors (Lipinski definition) is 1. The maximum atomic E-state index is 13.2. The Labute approximate surface area is 92.9 Å². The van der Waals surface area contributed by atoms with Gasteiger partial charge >= 0.3 is 0 Å². The van der Waals surface area contributed by atoms with Crippen molar-refractivity contribution in [2.24, 2.45) is 0 Å². The van der Waals surface area contributed by atoms with E-state index in [1.807, 2.05) is 6.92 Å². The molecule has 0 aliphatic rings. The van der Waals surface area contributed by atoms with Crippen molar-refractivity contribution in [3.8, 4) is 0 Å². The zero-order valence-electron chi connectivity index (χ0n) is 9.14. The molecule has 1 unspecified atom stereocenters. The van der Waals surface area contributed by atoms with E-state index in [1.165, 1.54) is 0 Å². The number of aliphatic hydroxyl groups excluding tert-OH is 1. The summed E-state index contributed by atoms with van der Waals surface area (Å²) < 4.78 is 38.7. The van der Waals surface area contributed by atoms with E-state index >= 15 is 0 Å². The van der Waals surface area contributed by atoms with Crippen LogP contribution in [0.4, 0.5) is 13.2 Å². The quantitative estimate of drug-likeness (QED) is 0.606. The van der Waals surface area contributed by atoms with Crippen LogP contribution in [0.3, 0.4) is 0 Å². The van der Waals surface area contributed by atoms with Gasteiger partial charge in [0.05, 0.1) is 6.10 Å². The Morgan fingerprint density at radius 1 is 1.06 bits per heavy atom. The van der Waals surface area contributed by atoms with Crippen LogP contribution < -0.4 is 0 Å². The van der Waals surface area contributed by atoms with Gasteiger partial charge in [0.2, 0.25) is 0 Å². The molecule has 1 atom stereocenters. The van der Waals surface area contributed by atoms with Crippen LogP contribution in [0.15, 0.2) is 12.1 Å². The molecule has 0 aliphatic heterocycles. The number of aliphatic hydroxyl groups is 1. The average Bonchev–Trinajstić information content (AvgIpc) is 2.23. The molecule has 0 aromatic heterocycles. The van der Waals surface area contributed by atoms with E-state index in [-0.39, 0.29) is 5.56 Å². The summed E-state index contributed by atoms with van der Waals surface area (Å²) in [5, 5.41) is 9.61. The molecule has 0 fully saturated rings. The highest BCUT2D eigenvalue weighted by Gasteiger charge is 2.16. The van der Waals surface area contributed by atoms with E-state index in [0.717, 1.165) is 25.3 Å². The second kappa shape index (κ2) is 5.89. The Morgan fingerprint density at radius 3 is 2.31 bits per heavy atom. The molecule has 0 saturated carbocycles. The van der Waals surface area contributed by atoms with E-state index in [4.69, 9.17) is 0 Å². The minimum absolute atomic E-state index is 0.171. The van der Waals surface area contributed by atoms with Gasteiger partial charge in [-0.3, -0.25) is 0 Å². The topological polar surface area (TPSA) is 20.2 Å². The third kappa shape index (κ3) is 3.23. The highest BCUT2D eigenvalue weighted by atomic mass is 19.2. The summed E-state index contributed by atoms with van der Waals surface area (Å²) in [6, 6.07) is 1.19. The third-order valence-electron chi connectivity index (χ3n) is 2.48. The van der Waals surface area contributed by atoms with Crippen LogP contribution in [0.5, 0.6) is 0 Å². The van der Waals surface area contributed by atoms with Gasteiger partial charge in [0.15, 0.2) is 11.6 Å². The molecule has 16 heavy (non-hydrogen) atoms. The van der Waals surface area contributed by atoms with Gasteiger partial charge in [0, 0.05) is 11.6 Å². The first-order valence-corrected chi connectivity index (χ1v) is 5.38. The standard InChI is InChI=1S/C12H15F3O/c1-2-3-4-5-12(16)8-6-10(14)11(15)7-9(8)13/h6-7,12,16H,2-5H2,1H3. The molecule has 1 rings (SSSR count). The first-order chi connectivity index (χ1) is 7.56. The van der Waals surface area contributed by atoms with Gasteiger partial charge in [-0.15, -0.1) is 0 Å². The zero-order valence-corrected chi connectivity index (χ0v) is 9.14. The summed E-state index contributed by atoms with van der Waals surface area (Å²) in [7, 11) is 0. The van der Waals surface area contributed by atoms with E-state index in [0.29, 0.717) is 12.5 Å². The molecule has 1 N–H and O–H groups in total. The molecular formula is C12H15F3O. The molecule has 0 heterocycles. The second-order valence-electron chi connectivity index (χ2n) is 3.80. The first-order valence-electron chi connectivity index (χ1n) is 5.38. The molecule has 4 heteroatoms. The zero-order chi connectivity index (χ0) is 12.1. The Morgan fingerprint density at radius 2 is 1.69 bits per heavy atom. The molecular weight excluding hydrogens is 217 g/mol. The van der Waals surface area contributed by atoms with E-state index in [2.05, 4.69) is 0 Å². The van der Waals surface area contributed by atoms with Gasteiger partial charge in [-0.25, -0.2) is 13.2 Å². The molecule has 0 saturated heterocycles. The molecule has 0 bridgehead atoms. The van der Waals surface area contributed by atoms with Gasteiger partial charge in [-0.2, -0.15) is 0 Å². The van der Waals surface area contributed by atoms with Crippen molar-refractivity contribution >= 4 is 0 Å². The fourth-order valence-corrected chi connectivity index (χ4v) is 1.54. The predicted octanol–water partition coefficient (Wildman–Crippen LogP) is 3.72. The second-order valence-corrected chi connectivity index (χ2v) is 3.80. The Bertz CT molecular complexity index is 352. The number of benzene rings is 1. The number of rotatable bonds is 5. The van der Waals surface area contributed by atoms with Crippen molar-refractivity contribution in [1.29, 1.82) is 0 Å². The lowest BCUT2D eigenvalue weighted by molar-refractivity contribution is 0.158. The van der Waals surface area contributed by atoms with Crippen LogP contribution in [0.2, 0.25) is 0 Å². The molecule has 0 aliphatic carbocycles. The summed E-state index contributed by atoms with van der Waals surface area (Å²) in [6.07, 6.45) is 1.92. The molecule has 0 amide bonds.